The van der Waals surface area contributed by atoms with Gasteiger partial charge in [0.15, 0.2) is 0 Å². The van der Waals surface area contributed by atoms with Gasteiger partial charge in [0.05, 0.1) is 18.3 Å². The van der Waals surface area contributed by atoms with Crippen molar-refractivity contribution < 1.29 is 14.6 Å². The first-order valence-electron chi connectivity index (χ1n) is 6.94. The molecule has 2 fully saturated rings. The van der Waals surface area contributed by atoms with Crippen LogP contribution in [0.5, 0.6) is 0 Å². The van der Waals surface area contributed by atoms with E-state index in [-0.39, 0.29) is 11.5 Å². The maximum Gasteiger partial charge on any atom is 0.0940 e. The summed E-state index contributed by atoms with van der Waals surface area (Å²) >= 11 is 0. The molecule has 0 aromatic heterocycles. The molecule has 3 N–H and O–H groups in total. The van der Waals surface area contributed by atoms with Crippen LogP contribution in [0.1, 0.15) is 30.9 Å². The van der Waals surface area contributed by atoms with Crippen LogP contribution in [0, 0.1) is 5.92 Å². The van der Waals surface area contributed by atoms with E-state index < -0.39 is 6.10 Å². The molecule has 3 atom stereocenters. The van der Waals surface area contributed by atoms with E-state index in [1.807, 2.05) is 24.3 Å². The summed E-state index contributed by atoms with van der Waals surface area (Å²) in [7, 11) is 0. The molecule has 2 aliphatic rings. The van der Waals surface area contributed by atoms with Crippen LogP contribution in [0.2, 0.25) is 0 Å². The lowest BCUT2D eigenvalue weighted by molar-refractivity contribution is -0.117. The summed E-state index contributed by atoms with van der Waals surface area (Å²) in [6.45, 7) is 2.13. The molecule has 2 saturated heterocycles. The number of aliphatic hydroxyl groups is 1. The highest BCUT2D eigenvalue weighted by molar-refractivity contribution is 5.41. The normalized spacial score (nSPS) is 32.6. The molecular formula is C15H21NO3. The Morgan fingerprint density at radius 1 is 1.37 bits per heavy atom. The van der Waals surface area contributed by atoms with Crippen LogP contribution < -0.4 is 5.73 Å². The lowest BCUT2D eigenvalue weighted by Crippen LogP contribution is -2.41. The van der Waals surface area contributed by atoms with Crippen LogP contribution in [-0.2, 0) is 9.47 Å². The fourth-order valence-electron chi connectivity index (χ4n) is 3.21. The summed E-state index contributed by atoms with van der Waals surface area (Å²) in [5.74, 6) is 0.220. The average Bonchev–Trinajstić information content (AvgIpc) is 2.86. The highest BCUT2D eigenvalue weighted by Crippen LogP contribution is 2.41. The van der Waals surface area contributed by atoms with Crippen LogP contribution in [0.3, 0.4) is 0 Å². The van der Waals surface area contributed by atoms with Crippen molar-refractivity contribution >= 4 is 5.69 Å². The molecule has 4 heteroatoms. The third-order valence-corrected chi connectivity index (χ3v) is 4.30. The van der Waals surface area contributed by atoms with Crippen molar-refractivity contribution in [2.45, 2.75) is 31.0 Å². The van der Waals surface area contributed by atoms with Crippen molar-refractivity contribution in [3.05, 3.63) is 29.8 Å². The van der Waals surface area contributed by atoms with E-state index >= 15 is 0 Å². The second kappa shape index (κ2) is 5.12. The summed E-state index contributed by atoms with van der Waals surface area (Å²) in [4.78, 5) is 0. The second-order valence-corrected chi connectivity index (χ2v) is 5.70. The van der Waals surface area contributed by atoms with Gasteiger partial charge in [0.25, 0.3) is 0 Å². The lowest BCUT2D eigenvalue weighted by atomic mass is 9.80. The van der Waals surface area contributed by atoms with E-state index in [9.17, 15) is 5.11 Å². The van der Waals surface area contributed by atoms with Gasteiger partial charge in [0, 0.05) is 25.3 Å². The lowest BCUT2D eigenvalue weighted by Gasteiger charge is -2.39. The third-order valence-electron chi connectivity index (χ3n) is 4.30. The van der Waals surface area contributed by atoms with Crippen LogP contribution in [0.4, 0.5) is 5.69 Å². The van der Waals surface area contributed by atoms with Crippen LogP contribution in [-0.4, -0.2) is 30.5 Å². The van der Waals surface area contributed by atoms with Crippen molar-refractivity contribution in [2.75, 3.05) is 25.6 Å². The highest BCUT2D eigenvalue weighted by Gasteiger charge is 2.42. The predicted octanol–water partition coefficient (Wildman–Crippen LogP) is 1.89. The van der Waals surface area contributed by atoms with Crippen molar-refractivity contribution in [3.8, 4) is 0 Å². The maximum atomic E-state index is 10.6. The Morgan fingerprint density at radius 3 is 3.00 bits per heavy atom. The Morgan fingerprint density at radius 2 is 2.26 bits per heavy atom. The van der Waals surface area contributed by atoms with Gasteiger partial charge in [-0.2, -0.15) is 0 Å². The molecule has 2 aliphatic heterocycles. The zero-order chi connectivity index (χ0) is 13.3. The van der Waals surface area contributed by atoms with E-state index in [2.05, 4.69) is 0 Å². The highest BCUT2D eigenvalue weighted by atomic mass is 16.6. The first-order valence-corrected chi connectivity index (χ1v) is 6.94. The monoisotopic (exact) mass is 263 g/mol. The average molecular weight is 263 g/mol. The van der Waals surface area contributed by atoms with Crippen molar-refractivity contribution in [1.82, 2.24) is 0 Å². The molecule has 0 saturated carbocycles. The predicted molar refractivity (Wildman–Crippen MR) is 72.7 cm³/mol. The molecule has 1 aromatic carbocycles. The molecule has 1 spiro atoms. The number of aliphatic hydroxyl groups excluding tert-OH is 1. The molecule has 0 bridgehead atoms. The van der Waals surface area contributed by atoms with Gasteiger partial charge < -0.3 is 20.3 Å². The van der Waals surface area contributed by atoms with Crippen molar-refractivity contribution in [1.29, 1.82) is 0 Å². The Bertz CT molecular complexity index is 443. The van der Waals surface area contributed by atoms with Gasteiger partial charge in [0.2, 0.25) is 0 Å². The van der Waals surface area contributed by atoms with Crippen LogP contribution in [0.25, 0.3) is 0 Å². The summed E-state index contributed by atoms with van der Waals surface area (Å²) in [5, 5.41) is 10.6. The molecule has 19 heavy (non-hydrogen) atoms. The van der Waals surface area contributed by atoms with Gasteiger partial charge in [0.1, 0.15) is 0 Å². The first-order chi connectivity index (χ1) is 9.19. The Labute approximate surface area is 113 Å². The number of hydrogen-bond donors (Lipinski definition) is 2. The standard InChI is InChI=1S/C15H21NO3/c16-13-3-1-2-11(8-13)14(17)12-4-6-19-15(9-12)5-7-18-10-15/h1-3,8,12,14,17H,4-7,9-10,16H2. The molecule has 2 heterocycles. The molecule has 0 aliphatic carbocycles. The fraction of sp³-hybridized carbons (Fsp3) is 0.600. The molecular weight excluding hydrogens is 242 g/mol. The minimum atomic E-state index is -0.468. The number of rotatable bonds is 2. The largest absolute Gasteiger partial charge is 0.399 e. The SMILES string of the molecule is Nc1cccc(C(O)C2CCOC3(CCOC3)C2)c1. The topological polar surface area (TPSA) is 64.7 Å². The van der Waals surface area contributed by atoms with E-state index in [4.69, 9.17) is 15.2 Å². The Balaban J connectivity index is 1.74. The number of ether oxygens (including phenoxy) is 2. The fourth-order valence-corrected chi connectivity index (χ4v) is 3.21. The van der Waals surface area contributed by atoms with Gasteiger partial charge in [-0.15, -0.1) is 0 Å². The molecule has 0 radical (unpaired) electrons. The zero-order valence-electron chi connectivity index (χ0n) is 11.0. The summed E-state index contributed by atoms with van der Waals surface area (Å²) in [6.07, 6.45) is 2.22. The van der Waals surface area contributed by atoms with E-state index in [0.29, 0.717) is 18.9 Å². The smallest absolute Gasteiger partial charge is 0.0940 e. The Hall–Kier alpha value is -1.10. The molecule has 104 valence electrons. The zero-order valence-corrected chi connectivity index (χ0v) is 11.0. The molecule has 4 nitrogen and oxygen atoms in total. The van der Waals surface area contributed by atoms with Gasteiger partial charge in [-0.25, -0.2) is 0 Å². The molecule has 3 rings (SSSR count). The summed E-state index contributed by atoms with van der Waals surface area (Å²) in [5.41, 5.74) is 7.22. The number of anilines is 1. The van der Waals surface area contributed by atoms with E-state index in [1.54, 1.807) is 0 Å². The van der Waals surface area contributed by atoms with Gasteiger partial charge in [-0.3, -0.25) is 0 Å². The second-order valence-electron chi connectivity index (χ2n) is 5.70. The minimum Gasteiger partial charge on any atom is -0.399 e. The minimum absolute atomic E-state index is 0.162. The Kier molecular flexibility index (Phi) is 3.48. The van der Waals surface area contributed by atoms with Crippen LogP contribution >= 0.6 is 0 Å². The van der Waals surface area contributed by atoms with Gasteiger partial charge >= 0.3 is 0 Å². The third kappa shape index (κ3) is 2.61. The maximum absolute atomic E-state index is 10.6. The molecule has 3 unspecified atom stereocenters. The molecule has 0 amide bonds. The quantitative estimate of drug-likeness (QED) is 0.800. The van der Waals surface area contributed by atoms with Gasteiger partial charge in [-0.1, -0.05) is 12.1 Å². The van der Waals surface area contributed by atoms with E-state index in [1.165, 1.54) is 0 Å². The van der Waals surface area contributed by atoms with Crippen molar-refractivity contribution in [2.24, 2.45) is 5.92 Å². The van der Waals surface area contributed by atoms with Crippen LogP contribution in [0.15, 0.2) is 24.3 Å². The van der Waals surface area contributed by atoms with Gasteiger partial charge in [-0.05, 0) is 36.5 Å². The number of hydrogen-bond acceptors (Lipinski definition) is 4. The summed E-state index contributed by atoms with van der Waals surface area (Å²) < 4.78 is 11.4. The first kappa shape index (κ1) is 12.9. The number of nitrogens with two attached hydrogens (primary N) is 1. The number of nitrogen functional groups attached to an aromatic ring is 1. The number of benzene rings is 1. The van der Waals surface area contributed by atoms with E-state index in [0.717, 1.165) is 31.4 Å². The molecule has 1 aromatic rings. The summed E-state index contributed by atoms with van der Waals surface area (Å²) in [6, 6.07) is 7.53. The van der Waals surface area contributed by atoms with Crippen molar-refractivity contribution in [3.63, 3.8) is 0 Å².